The SMILES string of the molecule is CCCCCCCCCC(C)(OC(=O)CC(=O)[O-])c1ccccc1.[Na+]. The monoisotopic (exact) mass is 356 g/mol. The second-order valence-electron chi connectivity index (χ2n) is 6.49. The largest absolute Gasteiger partial charge is 1.00 e. The molecule has 0 fully saturated rings. The summed E-state index contributed by atoms with van der Waals surface area (Å²) in [6.07, 6.45) is 8.21. The number of hydrogen-bond donors (Lipinski definition) is 0. The number of ether oxygens (including phenoxy) is 1. The zero-order valence-corrected chi connectivity index (χ0v) is 17.9. The smallest absolute Gasteiger partial charge is 0.550 e. The van der Waals surface area contributed by atoms with Gasteiger partial charge in [0.25, 0.3) is 0 Å². The molecule has 134 valence electrons. The van der Waals surface area contributed by atoms with Crippen LogP contribution in [0.2, 0.25) is 0 Å². The van der Waals surface area contributed by atoms with Crippen molar-refractivity contribution in [2.24, 2.45) is 0 Å². The van der Waals surface area contributed by atoms with Gasteiger partial charge in [0.1, 0.15) is 5.60 Å². The van der Waals surface area contributed by atoms with Gasteiger partial charge in [-0.25, -0.2) is 0 Å². The van der Waals surface area contributed by atoms with Crippen molar-refractivity contribution in [1.29, 1.82) is 0 Å². The van der Waals surface area contributed by atoms with Crippen LogP contribution >= 0.6 is 0 Å². The first kappa shape index (κ1) is 24.2. The molecule has 1 rings (SSSR count). The molecule has 1 unspecified atom stereocenters. The second kappa shape index (κ2) is 13.4. The molecule has 0 N–H and O–H groups in total. The maximum atomic E-state index is 11.8. The van der Waals surface area contributed by atoms with Gasteiger partial charge in [-0.2, -0.15) is 0 Å². The standard InChI is InChI=1S/C20H30O4.Na/c1-3-4-5-6-7-8-12-15-20(2,17-13-10-9-11-14-17)24-19(23)16-18(21)22;/h9-11,13-14H,3-8,12,15-16H2,1-2H3,(H,21,22);/q;+1/p-1. The molecule has 0 aliphatic heterocycles. The van der Waals surface area contributed by atoms with Crippen LogP contribution < -0.4 is 34.7 Å². The van der Waals surface area contributed by atoms with Crippen molar-refractivity contribution in [3.63, 3.8) is 0 Å². The van der Waals surface area contributed by atoms with Crippen LogP contribution in [0, 0.1) is 0 Å². The van der Waals surface area contributed by atoms with E-state index in [4.69, 9.17) is 4.74 Å². The van der Waals surface area contributed by atoms with E-state index in [0.29, 0.717) is 6.42 Å². The van der Waals surface area contributed by atoms with Crippen LogP contribution in [0.25, 0.3) is 0 Å². The second-order valence-corrected chi connectivity index (χ2v) is 6.49. The van der Waals surface area contributed by atoms with E-state index in [1.807, 2.05) is 37.3 Å². The normalized spacial score (nSPS) is 12.7. The fourth-order valence-corrected chi connectivity index (χ4v) is 2.87. The summed E-state index contributed by atoms with van der Waals surface area (Å²) in [5.41, 5.74) is 0.0969. The summed E-state index contributed by atoms with van der Waals surface area (Å²) in [5.74, 6) is -2.16. The zero-order valence-electron chi connectivity index (χ0n) is 15.9. The summed E-state index contributed by atoms with van der Waals surface area (Å²) in [5, 5.41) is 10.6. The average Bonchev–Trinajstić information content (AvgIpc) is 2.54. The molecule has 5 heteroatoms. The minimum absolute atomic E-state index is 0. The van der Waals surface area contributed by atoms with Crippen LogP contribution in [0.15, 0.2) is 30.3 Å². The molecule has 0 bridgehead atoms. The Bertz CT molecular complexity index is 504. The van der Waals surface area contributed by atoms with Crippen LogP contribution in [0.5, 0.6) is 0 Å². The predicted molar refractivity (Wildman–Crippen MR) is 92.1 cm³/mol. The van der Waals surface area contributed by atoms with Gasteiger partial charge in [0, 0.05) is 0 Å². The van der Waals surface area contributed by atoms with E-state index >= 15 is 0 Å². The maximum absolute atomic E-state index is 11.8. The third kappa shape index (κ3) is 10.0. The molecule has 4 nitrogen and oxygen atoms in total. The predicted octanol–water partition coefficient (Wildman–Crippen LogP) is 0.730. The van der Waals surface area contributed by atoms with Crippen LogP contribution in [0.3, 0.4) is 0 Å². The fraction of sp³-hybridized carbons (Fsp3) is 0.600. The number of carboxylic acid groups (broad SMARTS) is 1. The number of carboxylic acids is 1. The number of hydrogen-bond acceptors (Lipinski definition) is 4. The Morgan fingerprint density at radius 1 is 1.00 bits per heavy atom. The van der Waals surface area contributed by atoms with Crippen LogP contribution in [-0.4, -0.2) is 11.9 Å². The molecule has 0 spiro atoms. The van der Waals surface area contributed by atoms with Gasteiger partial charge in [0.2, 0.25) is 0 Å². The zero-order chi connectivity index (χ0) is 17.8. The Morgan fingerprint density at radius 3 is 2.12 bits per heavy atom. The maximum Gasteiger partial charge on any atom is 1.00 e. The van der Waals surface area contributed by atoms with E-state index in [-0.39, 0.29) is 29.6 Å². The van der Waals surface area contributed by atoms with Crippen molar-refractivity contribution in [2.75, 3.05) is 0 Å². The molecular formula is C20H29NaO4. The third-order valence-corrected chi connectivity index (χ3v) is 4.27. The Kier molecular flexibility index (Phi) is 12.9. The van der Waals surface area contributed by atoms with E-state index in [1.165, 1.54) is 32.1 Å². The molecule has 0 amide bonds. The molecule has 0 aromatic heterocycles. The molecule has 1 atom stereocenters. The topological polar surface area (TPSA) is 66.4 Å². The summed E-state index contributed by atoms with van der Waals surface area (Å²) in [6.45, 7) is 4.05. The fourth-order valence-electron chi connectivity index (χ4n) is 2.87. The Morgan fingerprint density at radius 2 is 1.56 bits per heavy atom. The molecule has 0 aliphatic carbocycles. The van der Waals surface area contributed by atoms with E-state index in [0.717, 1.165) is 18.4 Å². The third-order valence-electron chi connectivity index (χ3n) is 4.27. The molecule has 0 saturated carbocycles. The van der Waals surface area contributed by atoms with Gasteiger partial charge in [0.15, 0.2) is 0 Å². The van der Waals surface area contributed by atoms with Gasteiger partial charge in [0.05, 0.1) is 12.4 Å². The number of aliphatic carboxylic acids is 1. The van der Waals surface area contributed by atoms with E-state index in [1.54, 1.807) is 0 Å². The number of carbonyl (C=O) groups excluding carboxylic acids is 2. The summed E-state index contributed by atoms with van der Waals surface area (Å²) in [4.78, 5) is 22.4. The van der Waals surface area contributed by atoms with Gasteiger partial charge in [-0.3, -0.25) is 4.79 Å². The van der Waals surface area contributed by atoms with Gasteiger partial charge >= 0.3 is 35.5 Å². The van der Waals surface area contributed by atoms with Crippen molar-refractivity contribution in [2.45, 2.75) is 77.2 Å². The van der Waals surface area contributed by atoms with Crippen LogP contribution in [0.4, 0.5) is 0 Å². The van der Waals surface area contributed by atoms with Gasteiger partial charge in [-0.05, 0) is 25.3 Å². The molecular weight excluding hydrogens is 327 g/mol. The van der Waals surface area contributed by atoms with Crippen molar-refractivity contribution in [3.05, 3.63) is 35.9 Å². The summed E-state index contributed by atoms with van der Waals surface area (Å²) >= 11 is 0. The number of unbranched alkanes of at least 4 members (excludes halogenated alkanes) is 6. The van der Waals surface area contributed by atoms with E-state index in [9.17, 15) is 14.7 Å². The van der Waals surface area contributed by atoms with E-state index < -0.39 is 24.0 Å². The van der Waals surface area contributed by atoms with Crippen molar-refractivity contribution in [1.82, 2.24) is 0 Å². The van der Waals surface area contributed by atoms with Gasteiger partial charge in [-0.15, -0.1) is 0 Å². The van der Waals surface area contributed by atoms with Crippen LogP contribution in [0.1, 0.15) is 77.2 Å². The number of esters is 1. The molecule has 0 aliphatic rings. The molecule has 1 aromatic carbocycles. The molecule has 0 saturated heterocycles. The number of carbonyl (C=O) groups is 2. The van der Waals surface area contributed by atoms with E-state index in [2.05, 4.69) is 6.92 Å². The molecule has 25 heavy (non-hydrogen) atoms. The van der Waals surface area contributed by atoms with Gasteiger partial charge < -0.3 is 14.6 Å². The summed E-state index contributed by atoms with van der Waals surface area (Å²) in [7, 11) is 0. The first-order valence-electron chi connectivity index (χ1n) is 8.95. The molecule has 0 radical (unpaired) electrons. The average molecular weight is 356 g/mol. The quantitative estimate of drug-likeness (QED) is 0.240. The Balaban J connectivity index is 0.00000576. The number of rotatable bonds is 12. The Labute approximate surface area is 173 Å². The number of benzene rings is 1. The molecule has 0 heterocycles. The minimum atomic E-state index is -1.41. The summed E-state index contributed by atoms with van der Waals surface area (Å²) < 4.78 is 5.52. The minimum Gasteiger partial charge on any atom is -0.550 e. The van der Waals surface area contributed by atoms with Crippen molar-refractivity contribution < 1.29 is 49.0 Å². The van der Waals surface area contributed by atoms with Gasteiger partial charge in [-0.1, -0.05) is 75.8 Å². The molecule has 1 aromatic rings. The van der Waals surface area contributed by atoms with Crippen LogP contribution in [-0.2, 0) is 19.9 Å². The first-order chi connectivity index (χ1) is 11.5. The first-order valence-corrected chi connectivity index (χ1v) is 8.95. The van der Waals surface area contributed by atoms with Crippen molar-refractivity contribution in [3.8, 4) is 0 Å². The summed E-state index contributed by atoms with van der Waals surface area (Å²) in [6, 6.07) is 9.51. The van der Waals surface area contributed by atoms with Crippen molar-refractivity contribution >= 4 is 11.9 Å². The Hall–Kier alpha value is -0.840.